The molecule has 2 aliphatic heterocycles. The number of ether oxygens (including phenoxy) is 2. The van der Waals surface area contributed by atoms with Gasteiger partial charge in [-0.1, -0.05) is 0 Å². The Labute approximate surface area is 160 Å². The van der Waals surface area contributed by atoms with Gasteiger partial charge in [0.15, 0.2) is 11.5 Å². The predicted molar refractivity (Wildman–Crippen MR) is 97.1 cm³/mol. The topological polar surface area (TPSA) is 103 Å². The van der Waals surface area contributed by atoms with Gasteiger partial charge in [0.05, 0.1) is 11.8 Å². The number of aromatic nitrogens is 2. The summed E-state index contributed by atoms with van der Waals surface area (Å²) in [6.45, 7) is 1.44. The van der Waals surface area contributed by atoms with Crippen LogP contribution in [0.15, 0.2) is 45.6 Å². The lowest BCUT2D eigenvalue weighted by molar-refractivity contribution is 0.174. The molecule has 9 heteroatoms. The molecule has 9 nitrogen and oxygen atoms in total. The minimum atomic E-state index is -0.137. The van der Waals surface area contributed by atoms with Gasteiger partial charge in [0.25, 0.3) is 5.89 Å². The fraction of sp³-hybridized carbons (Fsp3) is 0.316. The van der Waals surface area contributed by atoms with Crippen LogP contribution in [-0.2, 0) is 0 Å². The molecule has 4 heterocycles. The molecule has 1 aromatic carbocycles. The lowest BCUT2D eigenvalue weighted by atomic mass is 9.97. The zero-order valence-corrected chi connectivity index (χ0v) is 15.0. The van der Waals surface area contributed by atoms with Crippen LogP contribution < -0.4 is 14.8 Å². The van der Waals surface area contributed by atoms with Gasteiger partial charge in [-0.2, -0.15) is 0 Å². The summed E-state index contributed by atoms with van der Waals surface area (Å²) >= 11 is 0. The van der Waals surface area contributed by atoms with E-state index in [1.165, 1.54) is 0 Å². The first-order valence-electron chi connectivity index (χ1n) is 9.08. The minimum absolute atomic E-state index is 0.137. The molecule has 5 rings (SSSR count). The van der Waals surface area contributed by atoms with Crippen LogP contribution in [0.1, 0.15) is 24.7 Å². The van der Waals surface area contributed by atoms with E-state index in [4.69, 9.17) is 18.3 Å². The molecular formula is C19H18N4O5. The maximum Gasteiger partial charge on any atom is 0.321 e. The Kier molecular flexibility index (Phi) is 4.12. The Hall–Kier alpha value is -3.49. The largest absolute Gasteiger partial charge is 0.472 e. The van der Waals surface area contributed by atoms with Crippen LogP contribution in [0, 0.1) is 0 Å². The molecule has 0 aliphatic carbocycles. The van der Waals surface area contributed by atoms with Crippen molar-refractivity contribution in [1.82, 2.24) is 15.1 Å². The molecule has 0 atom stereocenters. The molecule has 0 radical (unpaired) electrons. The highest BCUT2D eigenvalue weighted by molar-refractivity contribution is 5.89. The summed E-state index contributed by atoms with van der Waals surface area (Å²) in [7, 11) is 0. The second-order valence-electron chi connectivity index (χ2n) is 6.72. The van der Waals surface area contributed by atoms with Gasteiger partial charge in [0.2, 0.25) is 12.7 Å². The van der Waals surface area contributed by atoms with E-state index in [0.29, 0.717) is 42.1 Å². The molecular weight excluding hydrogens is 364 g/mol. The molecule has 0 saturated carbocycles. The number of piperidine rings is 1. The average Bonchev–Trinajstić information content (AvgIpc) is 3.48. The number of anilines is 1. The van der Waals surface area contributed by atoms with E-state index < -0.39 is 0 Å². The fourth-order valence-electron chi connectivity index (χ4n) is 3.41. The average molecular weight is 382 g/mol. The summed E-state index contributed by atoms with van der Waals surface area (Å²) in [6, 6.07) is 7.00. The highest BCUT2D eigenvalue weighted by Crippen LogP contribution is 2.34. The summed E-state index contributed by atoms with van der Waals surface area (Å²) in [5.41, 5.74) is 1.44. The minimum Gasteiger partial charge on any atom is -0.472 e. The number of fused-ring (bicyclic) bond motifs is 1. The molecule has 0 unspecified atom stereocenters. The Balaban J connectivity index is 1.18. The quantitative estimate of drug-likeness (QED) is 0.740. The number of carbonyl (C=O) groups excluding carboxylic acids is 1. The second-order valence-corrected chi connectivity index (χ2v) is 6.72. The SMILES string of the molecule is O=C(Nc1ccc2c(c1)OCO2)N1CCC(c2nnc(-c3ccoc3)o2)CC1. The zero-order valence-electron chi connectivity index (χ0n) is 15.0. The van der Waals surface area contributed by atoms with Crippen molar-refractivity contribution in [2.75, 3.05) is 25.2 Å². The van der Waals surface area contributed by atoms with Crippen molar-refractivity contribution < 1.29 is 23.1 Å². The fourth-order valence-corrected chi connectivity index (χ4v) is 3.41. The van der Waals surface area contributed by atoms with Crippen LogP contribution in [0.2, 0.25) is 0 Å². The normalized spacial score (nSPS) is 16.4. The molecule has 3 aromatic rings. The van der Waals surface area contributed by atoms with Crippen molar-refractivity contribution in [3.05, 3.63) is 42.7 Å². The lowest BCUT2D eigenvalue weighted by Crippen LogP contribution is -2.40. The van der Waals surface area contributed by atoms with Gasteiger partial charge < -0.3 is 28.5 Å². The van der Waals surface area contributed by atoms with Crippen LogP contribution in [0.4, 0.5) is 10.5 Å². The maximum absolute atomic E-state index is 12.6. The van der Waals surface area contributed by atoms with Gasteiger partial charge in [-0.15, -0.1) is 10.2 Å². The molecule has 0 spiro atoms. The number of nitrogens with zero attached hydrogens (tertiary/aromatic N) is 3. The van der Waals surface area contributed by atoms with Gasteiger partial charge in [0, 0.05) is 30.8 Å². The van der Waals surface area contributed by atoms with Crippen molar-refractivity contribution in [3.63, 3.8) is 0 Å². The number of nitrogens with one attached hydrogen (secondary N) is 1. The van der Waals surface area contributed by atoms with Crippen LogP contribution in [0.3, 0.4) is 0 Å². The van der Waals surface area contributed by atoms with E-state index in [9.17, 15) is 4.79 Å². The van der Waals surface area contributed by atoms with Gasteiger partial charge in [-0.3, -0.25) is 0 Å². The highest BCUT2D eigenvalue weighted by atomic mass is 16.7. The molecule has 1 saturated heterocycles. The van der Waals surface area contributed by atoms with Crippen LogP contribution >= 0.6 is 0 Å². The molecule has 144 valence electrons. The van der Waals surface area contributed by atoms with E-state index in [1.807, 2.05) is 0 Å². The van der Waals surface area contributed by atoms with E-state index in [0.717, 1.165) is 18.4 Å². The highest BCUT2D eigenvalue weighted by Gasteiger charge is 2.28. The summed E-state index contributed by atoms with van der Waals surface area (Å²) in [5.74, 6) is 2.52. The molecule has 1 N–H and O–H groups in total. The molecule has 2 amide bonds. The van der Waals surface area contributed by atoms with Crippen molar-refractivity contribution in [3.8, 4) is 23.0 Å². The first-order chi connectivity index (χ1) is 13.8. The number of amides is 2. The summed E-state index contributed by atoms with van der Waals surface area (Å²) < 4.78 is 21.4. The van der Waals surface area contributed by atoms with Gasteiger partial charge >= 0.3 is 6.03 Å². The Bertz CT molecular complexity index is 976. The van der Waals surface area contributed by atoms with E-state index >= 15 is 0 Å². The molecule has 28 heavy (non-hydrogen) atoms. The summed E-state index contributed by atoms with van der Waals surface area (Å²) in [4.78, 5) is 14.3. The summed E-state index contributed by atoms with van der Waals surface area (Å²) in [5, 5.41) is 11.2. The van der Waals surface area contributed by atoms with Crippen LogP contribution in [0.25, 0.3) is 11.5 Å². The standard InChI is InChI=1S/C19H18N4O5/c24-19(20-14-1-2-15-16(9-14)27-11-26-15)23-6-3-12(4-7-23)17-21-22-18(28-17)13-5-8-25-10-13/h1-2,5,8-10,12H,3-4,6-7,11H2,(H,20,24). The van der Waals surface area contributed by atoms with E-state index in [2.05, 4.69) is 15.5 Å². The lowest BCUT2D eigenvalue weighted by Gasteiger charge is -2.30. The van der Waals surface area contributed by atoms with E-state index in [1.54, 1.807) is 41.7 Å². The van der Waals surface area contributed by atoms with Crippen LogP contribution in [-0.4, -0.2) is 41.0 Å². The Morgan fingerprint density at radius 2 is 1.96 bits per heavy atom. The second kappa shape index (κ2) is 6.91. The molecule has 2 aliphatic rings. The molecule has 0 bridgehead atoms. The van der Waals surface area contributed by atoms with Crippen molar-refractivity contribution in [2.24, 2.45) is 0 Å². The Morgan fingerprint density at radius 1 is 1.11 bits per heavy atom. The number of hydrogen-bond donors (Lipinski definition) is 1. The van der Waals surface area contributed by atoms with E-state index in [-0.39, 0.29) is 18.7 Å². The smallest absolute Gasteiger partial charge is 0.321 e. The number of carbonyl (C=O) groups is 1. The third kappa shape index (κ3) is 3.15. The number of likely N-dealkylation sites (tertiary alicyclic amines) is 1. The third-order valence-electron chi connectivity index (χ3n) is 4.96. The monoisotopic (exact) mass is 382 g/mol. The van der Waals surface area contributed by atoms with Crippen molar-refractivity contribution in [1.29, 1.82) is 0 Å². The third-order valence-corrected chi connectivity index (χ3v) is 4.96. The molecule has 2 aromatic heterocycles. The first kappa shape index (κ1) is 16.7. The van der Waals surface area contributed by atoms with Crippen LogP contribution in [0.5, 0.6) is 11.5 Å². The van der Waals surface area contributed by atoms with Gasteiger partial charge in [-0.25, -0.2) is 4.79 Å². The van der Waals surface area contributed by atoms with Gasteiger partial charge in [-0.05, 0) is 31.0 Å². The van der Waals surface area contributed by atoms with Crippen molar-refractivity contribution >= 4 is 11.7 Å². The zero-order chi connectivity index (χ0) is 18.9. The predicted octanol–water partition coefficient (Wildman–Crippen LogP) is 3.47. The van der Waals surface area contributed by atoms with Gasteiger partial charge in [0.1, 0.15) is 6.26 Å². The maximum atomic E-state index is 12.6. The number of hydrogen-bond acceptors (Lipinski definition) is 7. The number of furan rings is 1. The summed E-state index contributed by atoms with van der Waals surface area (Å²) in [6.07, 6.45) is 4.67. The number of benzene rings is 1. The number of rotatable bonds is 3. The number of urea groups is 1. The Morgan fingerprint density at radius 3 is 2.79 bits per heavy atom. The first-order valence-corrected chi connectivity index (χ1v) is 9.08. The molecule has 1 fully saturated rings. The van der Waals surface area contributed by atoms with Crippen molar-refractivity contribution in [2.45, 2.75) is 18.8 Å².